The summed E-state index contributed by atoms with van der Waals surface area (Å²) in [5.41, 5.74) is 4.78. The molecule has 1 saturated carbocycles. The molecule has 0 spiro atoms. The van der Waals surface area contributed by atoms with Gasteiger partial charge in [-0.25, -0.2) is 0 Å². The molecule has 38 heavy (non-hydrogen) atoms. The third kappa shape index (κ3) is 6.49. The van der Waals surface area contributed by atoms with Crippen LogP contribution in [0.2, 0.25) is 5.02 Å². The Morgan fingerprint density at radius 3 is 2.71 bits per heavy atom. The second-order valence-corrected chi connectivity index (χ2v) is 10.9. The van der Waals surface area contributed by atoms with Crippen LogP contribution in [-0.2, 0) is 20.7 Å². The zero-order valence-corrected chi connectivity index (χ0v) is 23.1. The van der Waals surface area contributed by atoms with Crippen molar-refractivity contribution < 1.29 is 19.4 Å². The van der Waals surface area contributed by atoms with E-state index in [1.165, 1.54) is 24.0 Å². The van der Waals surface area contributed by atoms with Gasteiger partial charge in [-0.05, 0) is 73.1 Å². The van der Waals surface area contributed by atoms with Crippen molar-refractivity contribution in [3.05, 3.63) is 70.4 Å². The Morgan fingerprint density at radius 2 is 1.97 bits per heavy atom. The third-order valence-electron chi connectivity index (χ3n) is 7.17. The molecule has 3 aromatic rings. The smallest absolute Gasteiger partial charge is 0.325 e. The summed E-state index contributed by atoms with van der Waals surface area (Å²) in [4.78, 5) is 11.5. The number of aliphatic hydroxyl groups excluding tert-OH is 1. The zero-order chi connectivity index (χ0) is 26.6. The van der Waals surface area contributed by atoms with Crippen LogP contribution in [0.4, 0.5) is 0 Å². The van der Waals surface area contributed by atoms with Crippen molar-refractivity contribution in [2.45, 2.75) is 63.4 Å². The number of benzene rings is 2. The van der Waals surface area contributed by atoms with Crippen molar-refractivity contribution in [2.75, 3.05) is 19.7 Å². The van der Waals surface area contributed by atoms with Gasteiger partial charge in [0, 0.05) is 31.0 Å². The van der Waals surface area contributed by atoms with Crippen molar-refractivity contribution in [2.24, 2.45) is 0 Å². The molecule has 0 amide bonds. The number of thiocarbonyl (C=S) groups is 1. The molecule has 1 aromatic heterocycles. The normalized spacial score (nSPS) is 21.3. The van der Waals surface area contributed by atoms with E-state index in [1.807, 2.05) is 18.2 Å². The molecule has 2 aromatic carbocycles. The molecular weight excluding hydrogens is 522 g/mol. The lowest BCUT2D eigenvalue weighted by atomic mass is 10.0. The monoisotopic (exact) mass is 555 g/mol. The summed E-state index contributed by atoms with van der Waals surface area (Å²) < 4.78 is 13.4. The summed E-state index contributed by atoms with van der Waals surface area (Å²) in [7, 11) is 0. The van der Waals surface area contributed by atoms with Gasteiger partial charge in [0.2, 0.25) is 0 Å². The van der Waals surface area contributed by atoms with Gasteiger partial charge in [0.05, 0.1) is 29.4 Å². The molecule has 2 fully saturated rings. The molecule has 2 aliphatic rings. The van der Waals surface area contributed by atoms with Crippen LogP contribution in [0.1, 0.15) is 61.4 Å². The lowest BCUT2D eigenvalue weighted by Gasteiger charge is -2.34. The molecule has 1 aliphatic heterocycles. The quantitative estimate of drug-likeness (QED) is 0.258. The second kappa shape index (κ2) is 12.0. The van der Waals surface area contributed by atoms with Gasteiger partial charge in [0.25, 0.3) is 0 Å². The maximum absolute atomic E-state index is 11.5. The lowest BCUT2D eigenvalue weighted by Crippen LogP contribution is -2.45. The molecule has 1 saturated heterocycles. The number of esters is 1. The molecule has 0 bridgehead atoms. The maximum atomic E-state index is 11.5. The maximum Gasteiger partial charge on any atom is 0.325 e. The van der Waals surface area contributed by atoms with Crippen LogP contribution in [-0.4, -0.2) is 52.7 Å². The van der Waals surface area contributed by atoms with Gasteiger partial charge in [0.15, 0.2) is 5.11 Å². The molecule has 3 unspecified atom stereocenters. The molecule has 3 atom stereocenters. The number of nitrogens with zero attached hydrogens (tertiary/aromatic N) is 1. The largest absolute Gasteiger partial charge is 0.465 e. The van der Waals surface area contributed by atoms with Gasteiger partial charge >= 0.3 is 5.97 Å². The van der Waals surface area contributed by atoms with Crippen LogP contribution < -0.4 is 10.6 Å². The fraction of sp³-hybridized carbons (Fsp3) is 0.448. The van der Waals surface area contributed by atoms with Crippen molar-refractivity contribution in [1.29, 1.82) is 0 Å². The Hall–Kier alpha value is -2.65. The van der Waals surface area contributed by atoms with E-state index in [4.69, 9.17) is 33.3 Å². The Morgan fingerprint density at radius 1 is 1.18 bits per heavy atom. The minimum Gasteiger partial charge on any atom is -0.465 e. The molecule has 1 aliphatic carbocycles. The van der Waals surface area contributed by atoms with Crippen LogP contribution in [0, 0.1) is 0 Å². The summed E-state index contributed by atoms with van der Waals surface area (Å²) in [6, 6.07) is 14.8. The Bertz CT molecular complexity index is 1290. The first-order valence-electron chi connectivity index (χ1n) is 13.3. The van der Waals surface area contributed by atoms with E-state index in [1.54, 1.807) is 6.92 Å². The number of rotatable bonds is 9. The average molecular weight is 556 g/mol. The second-order valence-electron chi connectivity index (χ2n) is 10.1. The van der Waals surface area contributed by atoms with E-state index >= 15 is 0 Å². The number of fused-ring (bicyclic) bond motifs is 1. The SMILES string of the molecule is CCOC(=O)CNC(=S)NCC1CC(O)CC(n2cc(Cc3ccc(C4CC4)cc3)c3c(Cl)cccc32)O1. The van der Waals surface area contributed by atoms with E-state index in [-0.39, 0.29) is 24.8 Å². The first-order valence-corrected chi connectivity index (χ1v) is 14.1. The average Bonchev–Trinajstić information content (AvgIpc) is 3.68. The molecule has 5 rings (SSSR count). The van der Waals surface area contributed by atoms with E-state index in [9.17, 15) is 9.90 Å². The highest BCUT2D eigenvalue weighted by Gasteiger charge is 2.31. The standard InChI is InChI=1S/C29H34ClN3O4S/c1-2-36-27(35)16-32-29(38)31-15-23-13-22(34)14-26(37-23)33-17-21(28-24(30)4-3-5-25(28)33)12-18-6-8-19(9-7-18)20-10-11-20/h3-9,17,20,22-23,26,34H,2,10-16H2,1H3,(H2,31,32,38). The highest BCUT2D eigenvalue weighted by molar-refractivity contribution is 7.80. The fourth-order valence-corrected chi connectivity index (χ4v) is 5.62. The third-order valence-corrected chi connectivity index (χ3v) is 7.77. The van der Waals surface area contributed by atoms with Crippen molar-refractivity contribution in [3.8, 4) is 0 Å². The number of ether oxygens (including phenoxy) is 2. The number of hydrogen-bond acceptors (Lipinski definition) is 5. The topological polar surface area (TPSA) is 84.8 Å². The van der Waals surface area contributed by atoms with Crippen molar-refractivity contribution in [1.82, 2.24) is 15.2 Å². The molecule has 7 nitrogen and oxygen atoms in total. The number of aromatic nitrogens is 1. The highest BCUT2D eigenvalue weighted by Crippen LogP contribution is 2.40. The summed E-state index contributed by atoms with van der Waals surface area (Å²) in [6.45, 7) is 2.48. The first kappa shape index (κ1) is 26.9. The van der Waals surface area contributed by atoms with E-state index in [0.717, 1.165) is 28.8 Å². The lowest BCUT2D eigenvalue weighted by molar-refractivity contribution is -0.141. The van der Waals surface area contributed by atoms with E-state index in [0.29, 0.717) is 36.1 Å². The summed E-state index contributed by atoms with van der Waals surface area (Å²) >= 11 is 12.0. The minimum absolute atomic E-state index is 0.00134. The van der Waals surface area contributed by atoms with Gasteiger partial charge in [-0.1, -0.05) is 41.9 Å². The molecular formula is C29H34ClN3O4S. The molecule has 202 valence electrons. The zero-order valence-electron chi connectivity index (χ0n) is 21.5. The van der Waals surface area contributed by atoms with E-state index < -0.39 is 6.10 Å². The van der Waals surface area contributed by atoms with Crippen molar-refractivity contribution >= 4 is 45.8 Å². The summed E-state index contributed by atoms with van der Waals surface area (Å²) in [5, 5.41) is 18.7. The number of carbonyl (C=O) groups is 1. The first-order chi connectivity index (χ1) is 18.4. The predicted molar refractivity (Wildman–Crippen MR) is 153 cm³/mol. The summed E-state index contributed by atoms with van der Waals surface area (Å²) in [6.07, 6.45) is 5.31. The predicted octanol–water partition coefficient (Wildman–Crippen LogP) is 4.83. The summed E-state index contributed by atoms with van der Waals surface area (Å²) in [5.74, 6) is 0.370. The number of aliphatic hydroxyl groups is 1. The van der Waals surface area contributed by atoms with Crippen LogP contribution in [0.25, 0.3) is 10.9 Å². The van der Waals surface area contributed by atoms with Gasteiger partial charge in [-0.15, -0.1) is 0 Å². The van der Waals surface area contributed by atoms with Gasteiger partial charge in [-0.2, -0.15) is 0 Å². The van der Waals surface area contributed by atoms with Crippen LogP contribution in [0.15, 0.2) is 48.7 Å². The number of nitrogens with one attached hydrogen (secondary N) is 2. The van der Waals surface area contributed by atoms with Gasteiger partial charge in [0.1, 0.15) is 12.8 Å². The van der Waals surface area contributed by atoms with Crippen LogP contribution >= 0.6 is 23.8 Å². The van der Waals surface area contributed by atoms with Gasteiger partial charge < -0.3 is 29.8 Å². The number of hydrogen-bond donors (Lipinski definition) is 3. The van der Waals surface area contributed by atoms with Gasteiger partial charge in [-0.3, -0.25) is 4.79 Å². The van der Waals surface area contributed by atoms with E-state index in [2.05, 4.69) is 45.7 Å². The Kier molecular flexibility index (Phi) is 8.53. The highest BCUT2D eigenvalue weighted by atomic mass is 35.5. The molecule has 2 heterocycles. The number of halogens is 1. The van der Waals surface area contributed by atoms with Crippen LogP contribution in [0.3, 0.4) is 0 Å². The molecule has 3 N–H and O–H groups in total. The molecule has 9 heteroatoms. The fourth-order valence-electron chi connectivity index (χ4n) is 5.17. The molecule has 0 radical (unpaired) electrons. The number of carbonyl (C=O) groups excluding carboxylic acids is 1. The Labute approximate surface area is 233 Å². The Balaban J connectivity index is 1.29. The van der Waals surface area contributed by atoms with Crippen molar-refractivity contribution in [3.63, 3.8) is 0 Å². The minimum atomic E-state index is -0.517. The van der Waals surface area contributed by atoms with Crippen LogP contribution in [0.5, 0.6) is 0 Å².